The van der Waals surface area contributed by atoms with Crippen LogP contribution in [0.4, 0.5) is 8.78 Å². The van der Waals surface area contributed by atoms with Gasteiger partial charge >= 0.3 is 5.97 Å². The number of aryl methyl sites for hydroxylation is 2. The van der Waals surface area contributed by atoms with E-state index in [4.69, 9.17) is 9.26 Å². The molecule has 0 aliphatic carbocycles. The summed E-state index contributed by atoms with van der Waals surface area (Å²) in [4.78, 5) is 16.4. The minimum Gasteiger partial charge on any atom is -0.507 e. The van der Waals surface area contributed by atoms with Gasteiger partial charge in [-0.25, -0.2) is 18.6 Å². The number of hydrogen-bond donors (Lipinski definition) is 2. The molecular formula is C27H21F2N3O5. The van der Waals surface area contributed by atoms with E-state index in [2.05, 4.69) is 10.1 Å². The van der Waals surface area contributed by atoms with Crippen molar-refractivity contribution in [3.8, 4) is 39.4 Å². The lowest BCUT2D eigenvalue weighted by Crippen LogP contribution is -2.00. The smallest absolute Gasteiger partial charge is 0.339 e. The fourth-order valence-corrected chi connectivity index (χ4v) is 4.44. The van der Waals surface area contributed by atoms with Crippen molar-refractivity contribution in [1.82, 2.24) is 14.7 Å². The predicted octanol–water partition coefficient (Wildman–Crippen LogP) is 6.05. The van der Waals surface area contributed by atoms with Crippen molar-refractivity contribution in [2.45, 2.75) is 20.8 Å². The number of ether oxygens (including phenoxy) is 1. The van der Waals surface area contributed by atoms with Crippen LogP contribution in [0, 0.1) is 25.5 Å². The molecule has 0 aliphatic heterocycles. The van der Waals surface area contributed by atoms with Crippen molar-refractivity contribution in [3.05, 3.63) is 77.4 Å². The molecule has 10 heteroatoms. The number of rotatable bonds is 6. The Kier molecular flexibility index (Phi) is 5.87. The Bertz CT molecular complexity index is 1670. The van der Waals surface area contributed by atoms with Gasteiger partial charge in [-0.3, -0.25) is 4.57 Å². The molecule has 0 bridgehead atoms. The molecule has 0 fully saturated rings. The van der Waals surface area contributed by atoms with Gasteiger partial charge in [0, 0.05) is 52.2 Å². The van der Waals surface area contributed by atoms with E-state index >= 15 is 0 Å². The monoisotopic (exact) mass is 505 g/mol. The van der Waals surface area contributed by atoms with Gasteiger partial charge < -0.3 is 19.5 Å². The number of nitrogens with zero attached hydrogens (tertiary/aromatic N) is 3. The van der Waals surface area contributed by atoms with Crippen molar-refractivity contribution >= 4 is 17.0 Å². The summed E-state index contributed by atoms with van der Waals surface area (Å²) in [7, 11) is 0. The van der Waals surface area contributed by atoms with Crippen molar-refractivity contribution in [2.24, 2.45) is 0 Å². The summed E-state index contributed by atoms with van der Waals surface area (Å²) >= 11 is 0. The zero-order valence-corrected chi connectivity index (χ0v) is 20.0. The minimum atomic E-state index is -1.33. The van der Waals surface area contributed by atoms with E-state index in [0.717, 1.165) is 17.7 Å². The van der Waals surface area contributed by atoms with E-state index < -0.39 is 23.4 Å². The first kappa shape index (κ1) is 24.0. The molecule has 0 unspecified atom stereocenters. The molecule has 3 heterocycles. The Balaban J connectivity index is 1.86. The summed E-state index contributed by atoms with van der Waals surface area (Å²) in [6.45, 7) is 5.56. The molecule has 0 saturated heterocycles. The lowest BCUT2D eigenvalue weighted by molar-refractivity contribution is 0.0693. The van der Waals surface area contributed by atoms with Gasteiger partial charge in [0.1, 0.15) is 40.1 Å². The maximum atomic E-state index is 14.9. The Morgan fingerprint density at radius 2 is 1.92 bits per heavy atom. The second kappa shape index (κ2) is 9.05. The van der Waals surface area contributed by atoms with Crippen LogP contribution in [-0.4, -0.2) is 37.5 Å². The lowest BCUT2D eigenvalue weighted by atomic mass is 9.99. The molecule has 5 aromatic rings. The second-order valence-electron chi connectivity index (χ2n) is 8.41. The van der Waals surface area contributed by atoms with Crippen LogP contribution in [0.3, 0.4) is 0 Å². The van der Waals surface area contributed by atoms with E-state index in [1.54, 1.807) is 33.2 Å². The summed E-state index contributed by atoms with van der Waals surface area (Å²) in [5, 5.41) is 24.4. The lowest BCUT2D eigenvalue weighted by Gasteiger charge is -2.12. The summed E-state index contributed by atoms with van der Waals surface area (Å²) in [5.74, 6) is -2.51. The molecule has 5 rings (SSSR count). The fourth-order valence-electron chi connectivity index (χ4n) is 4.44. The molecule has 188 valence electrons. The molecule has 2 N–H and O–H groups in total. The summed E-state index contributed by atoms with van der Waals surface area (Å²) < 4.78 is 41.0. The van der Waals surface area contributed by atoms with Crippen molar-refractivity contribution in [3.63, 3.8) is 0 Å². The Morgan fingerprint density at radius 3 is 2.57 bits per heavy atom. The van der Waals surface area contributed by atoms with Crippen molar-refractivity contribution in [1.29, 1.82) is 0 Å². The number of aromatic nitrogens is 3. The zero-order chi connectivity index (χ0) is 26.4. The number of pyridine rings is 1. The fraction of sp³-hybridized carbons (Fsp3) is 0.148. The van der Waals surface area contributed by atoms with Crippen LogP contribution < -0.4 is 4.74 Å². The molecular weight excluding hydrogens is 484 g/mol. The molecule has 8 nitrogen and oxygen atoms in total. The maximum Gasteiger partial charge on any atom is 0.339 e. The van der Waals surface area contributed by atoms with Crippen molar-refractivity contribution < 1.29 is 33.0 Å². The number of fused-ring (bicyclic) bond motifs is 1. The van der Waals surface area contributed by atoms with Crippen LogP contribution in [-0.2, 0) is 0 Å². The molecule has 0 aliphatic rings. The highest BCUT2D eigenvalue weighted by atomic mass is 19.1. The largest absolute Gasteiger partial charge is 0.507 e. The molecule has 0 atom stereocenters. The molecule has 2 aromatic carbocycles. The third kappa shape index (κ3) is 4.06. The average Bonchev–Trinajstić information content (AvgIpc) is 3.38. The van der Waals surface area contributed by atoms with Crippen LogP contribution in [0.25, 0.3) is 39.0 Å². The highest BCUT2D eigenvalue weighted by Crippen LogP contribution is 2.42. The number of carboxylic acid groups (broad SMARTS) is 1. The van der Waals surface area contributed by atoms with Crippen LogP contribution in [0.15, 0.2) is 53.3 Å². The molecule has 0 radical (unpaired) electrons. The van der Waals surface area contributed by atoms with Gasteiger partial charge in [0.2, 0.25) is 0 Å². The second-order valence-corrected chi connectivity index (χ2v) is 8.41. The van der Waals surface area contributed by atoms with Crippen LogP contribution >= 0.6 is 0 Å². The molecule has 0 amide bonds. The van der Waals surface area contributed by atoms with E-state index in [1.807, 2.05) is 6.07 Å². The van der Waals surface area contributed by atoms with Gasteiger partial charge in [0.25, 0.3) is 0 Å². The van der Waals surface area contributed by atoms with Crippen molar-refractivity contribution in [2.75, 3.05) is 6.61 Å². The number of halogens is 2. The average molecular weight is 505 g/mol. The SMILES string of the molecule is CCOc1cc(O)c(C(=O)O)cc1-c1cn(-c2ccc(F)cc2F)c2ncc(-c3c(C)noc3C)cc12. The highest BCUT2D eigenvalue weighted by molar-refractivity contribution is 6.01. The first-order valence-corrected chi connectivity index (χ1v) is 11.3. The quantitative estimate of drug-likeness (QED) is 0.289. The van der Waals surface area contributed by atoms with Gasteiger partial charge in [-0.05, 0) is 45.0 Å². The first-order valence-electron chi connectivity index (χ1n) is 11.3. The van der Waals surface area contributed by atoms with Gasteiger partial charge in [0.15, 0.2) is 0 Å². The topological polar surface area (TPSA) is 111 Å². The number of phenols is 1. The number of aromatic hydroxyl groups is 1. The zero-order valence-electron chi connectivity index (χ0n) is 20.0. The standard InChI is InChI=1S/C27H21F2N3O5/c1-4-36-24-10-23(33)19(27(34)35)9-17(24)20-12-32(22-6-5-16(28)8-21(22)29)26-18(20)7-15(11-30-26)25-13(2)31-37-14(25)3/h5-12,33H,4H2,1-3H3,(H,34,35). The van der Waals surface area contributed by atoms with Gasteiger partial charge in [-0.15, -0.1) is 0 Å². The van der Waals surface area contributed by atoms with Gasteiger partial charge in [0.05, 0.1) is 18.0 Å². The molecule has 37 heavy (non-hydrogen) atoms. The number of hydrogen-bond acceptors (Lipinski definition) is 6. The molecule has 0 saturated carbocycles. The van der Waals surface area contributed by atoms with E-state index in [9.17, 15) is 23.8 Å². The van der Waals surface area contributed by atoms with E-state index in [1.165, 1.54) is 22.8 Å². The number of carbonyl (C=O) groups is 1. The predicted molar refractivity (Wildman–Crippen MR) is 131 cm³/mol. The van der Waals surface area contributed by atoms with E-state index in [-0.39, 0.29) is 23.6 Å². The van der Waals surface area contributed by atoms with Gasteiger partial charge in [-0.1, -0.05) is 5.16 Å². The normalized spacial score (nSPS) is 11.3. The Labute approximate surface area is 209 Å². The number of benzene rings is 2. The Hall–Kier alpha value is -4.73. The maximum absolute atomic E-state index is 14.9. The molecule has 0 spiro atoms. The minimum absolute atomic E-state index is 0.0467. The van der Waals surface area contributed by atoms with E-state index in [0.29, 0.717) is 39.2 Å². The third-order valence-electron chi connectivity index (χ3n) is 6.05. The third-order valence-corrected chi connectivity index (χ3v) is 6.05. The van der Waals surface area contributed by atoms with Crippen LogP contribution in [0.2, 0.25) is 0 Å². The number of aromatic carboxylic acids is 1. The summed E-state index contributed by atoms with van der Waals surface area (Å²) in [6.07, 6.45) is 3.17. The first-order chi connectivity index (χ1) is 17.7. The van der Waals surface area contributed by atoms with Crippen LogP contribution in [0.1, 0.15) is 28.7 Å². The summed E-state index contributed by atoms with van der Waals surface area (Å²) in [6, 6.07) is 7.54. The molecule has 3 aromatic heterocycles. The van der Waals surface area contributed by atoms with Gasteiger partial charge in [-0.2, -0.15) is 0 Å². The highest BCUT2D eigenvalue weighted by Gasteiger charge is 2.23. The number of carboxylic acids is 1. The Morgan fingerprint density at radius 1 is 1.14 bits per heavy atom. The summed E-state index contributed by atoms with van der Waals surface area (Å²) in [5.41, 5.74) is 2.93. The van der Waals surface area contributed by atoms with Crippen LogP contribution in [0.5, 0.6) is 11.5 Å².